The highest BCUT2D eigenvalue weighted by Gasteiger charge is 2.26. The maximum Gasteiger partial charge on any atom is 0.333 e. The summed E-state index contributed by atoms with van der Waals surface area (Å²) in [5.74, 6) is -0.961. The van der Waals surface area contributed by atoms with E-state index < -0.39 is 26.4 Å². The number of rotatable bonds is 9. The van der Waals surface area contributed by atoms with Crippen molar-refractivity contribution in [2.75, 3.05) is 13.2 Å². The van der Waals surface area contributed by atoms with E-state index in [1.165, 1.54) is 0 Å². The minimum Gasteiger partial charge on any atom is -0.459 e. The SMILES string of the molecule is C=C(C)C(=O)OCC(COC(=O)C(=C)C)O[Si](C)(C)CC. The summed E-state index contributed by atoms with van der Waals surface area (Å²) in [6.07, 6.45) is -0.474. The third-order valence-electron chi connectivity index (χ3n) is 2.83. The highest BCUT2D eigenvalue weighted by Crippen LogP contribution is 2.14. The van der Waals surface area contributed by atoms with E-state index in [2.05, 4.69) is 26.3 Å². The van der Waals surface area contributed by atoms with Crippen molar-refractivity contribution in [1.29, 1.82) is 0 Å². The fraction of sp³-hybridized carbons (Fsp3) is 0.600. The second-order valence-corrected chi connectivity index (χ2v) is 10.1. The minimum atomic E-state index is -1.87. The summed E-state index contributed by atoms with van der Waals surface area (Å²) in [5.41, 5.74) is 0.638. The molecule has 21 heavy (non-hydrogen) atoms. The lowest BCUT2D eigenvalue weighted by molar-refractivity contribution is -0.146. The lowest BCUT2D eigenvalue weighted by atomic mass is 10.3. The standard InChI is InChI=1S/C15H26O5Si/c1-8-21(6,7)20-13(9-18-14(16)11(2)3)10-19-15(17)12(4)5/h13H,2,4,8-10H2,1,3,5-7H3. The smallest absolute Gasteiger partial charge is 0.333 e. The summed E-state index contributed by atoms with van der Waals surface area (Å²) < 4.78 is 16.2. The van der Waals surface area contributed by atoms with E-state index in [4.69, 9.17) is 13.9 Å². The van der Waals surface area contributed by atoms with Crippen LogP contribution in [0.25, 0.3) is 0 Å². The van der Waals surface area contributed by atoms with Crippen molar-refractivity contribution in [3.63, 3.8) is 0 Å². The molecule has 0 aromatic heterocycles. The van der Waals surface area contributed by atoms with Crippen LogP contribution in [0, 0.1) is 0 Å². The molecule has 0 aromatic carbocycles. The first-order valence-electron chi connectivity index (χ1n) is 6.92. The third-order valence-corrected chi connectivity index (χ3v) is 5.51. The Morgan fingerprint density at radius 3 is 1.67 bits per heavy atom. The van der Waals surface area contributed by atoms with Crippen molar-refractivity contribution >= 4 is 20.3 Å². The minimum absolute atomic E-state index is 0.0333. The number of ether oxygens (including phenoxy) is 2. The summed E-state index contributed by atoms with van der Waals surface area (Å²) in [6.45, 7) is 16.4. The average Bonchev–Trinajstić information content (AvgIpc) is 2.40. The zero-order valence-electron chi connectivity index (χ0n) is 13.7. The highest BCUT2D eigenvalue weighted by atomic mass is 28.4. The molecule has 0 spiro atoms. The van der Waals surface area contributed by atoms with Crippen LogP contribution in [-0.2, 0) is 23.5 Å². The van der Waals surface area contributed by atoms with Gasteiger partial charge in [0.05, 0.1) is 0 Å². The molecule has 0 atom stereocenters. The van der Waals surface area contributed by atoms with Crippen molar-refractivity contribution in [2.45, 2.75) is 46.0 Å². The molecule has 0 fully saturated rings. The van der Waals surface area contributed by atoms with E-state index in [1.807, 2.05) is 6.92 Å². The molecule has 6 heteroatoms. The van der Waals surface area contributed by atoms with E-state index in [0.29, 0.717) is 11.1 Å². The van der Waals surface area contributed by atoms with Gasteiger partial charge in [-0.25, -0.2) is 9.59 Å². The molecule has 0 saturated heterocycles. The lowest BCUT2D eigenvalue weighted by Gasteiger charge is -2.28. The van der Waals surface area contributed by atoms with Gasteiger partial charge in [0.2, 0.25) is 0 Å². The van der Waals surface area contributed by atoms with Crippen LogP contribution in [0.1, 0.15) is 20.8 Å². The quantitative estimate of drug-likeness (QED) is 0.372. The van der Waals surface area contributed by atoms with Gasteiger partial charge < -0.3 is 13.9 Å². The van der Waals surface area contributed by atoms with Gasteiger partial charge in [0, 0.05) is 11.1 Å². The van der Waals surface area contributed by atoms with Crippen molar-refractivity contribution in [3.8, 4) is 0 Å². The highest BCUT2D eigenvalue weighted by molar-refractivity contribution is 6.71. The van der Waals surface area contributed by atoms with E-state index in [-0.39, 0.29) is 13.2 Å². The van der Waals surface area contributed by atoms with Gasteiger partial charge in [-0.05, 0) is 33.0 Å². The Kier molecular flexibility index (Phi) is 8.20. The number of esters is 2. The Morgan fingerprint density at radius 1 is 1.00 bits per heavy atom. The van der Waals surface area contributed by atoms with Gasteiger partial charge >= 0.3 is 11.9 Å². The van der Waals surface area contributed by atoms with Gasteiger partial charge in [-0.3, -0.25) is 0 Å². The molecule has 0 saturated carbocycles. The fourth-order valence-electron chi connectivity index (χ4n) is 1.23. The zero-order chi connectivity index (χ0) is 16.6. The molecule has 5 nitrogen and oxygen atoms in total. The Hall–Kier alpha value is -1.40. The number of hydrogen-bond donors (Lipinski definition) is 0. The molecule has 120 valence electrons. The van der Waals surface area contributed by atoms with Gasteiger partial charge in [0.1, 0.15) is 19.3 Å². The van der Waals surface area contributed by atoms with Crippen LogP contribution in [0.4, 0.5) is 0 Å². The molecule has 0 aliphatic rings. The Bertz CT molecular complexity index is 384. The van der Waals surface area contributed by atoms with Gasteiger partial charge in [-0.2, -0.15) is 0 Å². The fourth-order valence-corrected chi connectivity index (χ4v) is 2.44. The molecule has 0 N–H and O–H groups in total. The van der Waals surface area contributed by atoms with Gasteiger partial charge in [-0.15, -0.1) is 0 Å². The topological polar surface area (TPSA) is 61.8 Å². The second kappa shape index (κ2) is 8.79. The summed E-state index contributed by atoms with van der Waals surface area (Å²) in [6, 6.07) is 0.909. The predicted molar refractivity (Wildman–Crippen MR) is 84.4 cm³/mol. The molecule has 0 heterocycles. The first-order chi connectivity index (χ1) is 9.59. The molecule has 0 radical (unpaired) electrons. The van der Waals surface area contributed by atoms with E-state index in [0.717, 1.165) is 6.04 Å². The van der Waals surface area contributed by atoms with E-state index >= 15 is 0 Å². The van der Waals surface area contributed by atoms with Crippen LogP contribution < -0.4 is 0 Å². The number of hydrogen-bond acceptors (Lipinski definition) is 5. The van der Waals surface area contributed by atoms with Crippen LogP contribution in [0.3, 0.4) is 0 Å². The summed E-state index contributed by atoms with van der Waals surface area (Å²) in [7, 11) is -1.87. The molecule has 0 rings (SSSR count). The Morgan fingerprint density at radius 2 is 1.38 bits per heavy atom. The molecular weight excluding hydrogens is 288 g/mol. The zero-order valence-corrected chi connectivity index (χ0v) is 14.7. The van der Waals surface area contributed by atoms with Crippen LogP contribution in [0.2, 0.25) is 19.1 Å². The number of carbonyl (C=O) groups excluding carboxylic acids is 2. The Labute approximate surface area is 128 Å². The van der Waals surface area contributed by atoms with Crippen molar-refractivity contribution in [2.24, 2.45) is 0 Å². The predicted octanol–water partition coefficient (Wildman–Crippen LogP) is 2.84. The lowest BCUT2D eigenvalue weighted by Crippen LogP contribution is -2.40. The first-order valence-corrected chi connectivity index (χ1v) is 10.0. The van der Waals surface area contributed by atoms with E-state index in [1.54, 1.807) is 13.8 Å². The average molecular weight is 314 g/mol. The summed E-state index contributed by atoms with van der Waals surface area (Å²) in [5, 5.41) is 0. The maximum atomic E-state index is 11.4. The maximum absolute atomic E-state index is 11.4. The molecule has 0 unspecified atom stereocenters. The third kappa shape index (κ3) is 8.47. The largest absolute Gasteiger partial charge is 0.459 e. The molecule has 0 aromatic rings. The normalized spacial score (nSPS) is 11.1. The molecule has 0 aliphatic carbocycles. The van der Waals surface area contributed by atoms with Crippen LogP contribution >= 0.6 is 0 Å². The van der Waals surface area contributed by atoms with Gasteiger partial charge in [0.15, 0.2) is 8.32 Å². The molecule has 0 bridgehead atoms. The molecular formula is C15H26O5Si. The monoisotopic (exact) mass is 314 g/mol. The van der Waals surface area contributed by atoms with Crippen LogP contribution in [0.15, 0.2) is 24.3 Å². The van der Waals surface area contributed by atoms with Crippen LogP contribution in [-0.4, -0.2) is 39.6 Å². The summed E-state index contributed by atoms with van der Waals surface area (Å²) in [4.78, 5) is 22.9. The van der Waals surface area contributed by atoms with Crippen molar-refractivity contribution in [3.05, 3.63) is 24.3 Å². The number of carbonyl (C=O) groups is 2. The molecule has 0 amide bonds. The van der Waals surface area contributed by atoms with E-state index in [9.17, 15) is 9.59 Å². The Balaban J connectivity index is 4.61. The second-order valence-electron chi connectivity index (χ2n) is 5.61. The summed E-state index contributed by atoms with van der Waals surface area (Å²) >= 11 is 0. The van der Waals surface area contributed by atoms with Crippen molar-refractivity contribution in [1.82, 2.24) is 0 Å². The molecule has 0 aliphatic heterocycles. The van der Waals surface area contributed by atoms with Crippen molar-refractivity contribution < 1.29 is 23.5 Å². The van der Waals surface area contributed by atoms with Gasteiger partial charge in [-0.1, -0.05) is 20.1 Å². The van der Waals surface area contributed by atoms with Crippen LogP contribution in [0.5, 0.6) is 0 Å². The first kappa shape index (κ1) is 19.6. The van der Waals surface area contributed by atoms with Gasteiger partial charge in [0.25, 0.3) is 0 Å².